The summed E-state index contributed by atoms with van der Waals surface area (Å²) in [6.07, 6.45) is 5.19. The van der Waals surface area contributed by atoms with Crippen molar-refractivity contribution in [2.75, 3.05) is 0 Å². The number of allylic oxidation sites excluding steroid dienone is 2. The fraction of sp³-hybridized carbons (Fsp3) is 0.123. The molecule has 59 heavy (non-hydrogen) atoms. The molecule has 0 amide bonds. The van der Waals surface area contributed by atoms with E-state index >= 15 is 0 Å². The average Bonchev–Trinajstić information content (AvgIpc) is 3.85. The van der Waals surface area contributed by atoms with Crippen molar-refractivity contribution in [2.45, 2.75) is 35.0 Å². The number of aryl methyl sites for hydroxylation is 2. The van der Waals surface area contributed by atoms with Gasteiger partial charge in [-0.05, 0) is 0 Å². The Labute approximate surface area is 343 Å². The van der Waals surface area contributed by atoms with Crippen LogP contribution in [0, 0.1) is 13.8 Å². The second kappa shape index (κ2) is 11.7. The van der Waals surface area contributed by atoms with Crippen molar-refractivity contribution in [1.29, 1.82) is 0 Å². The van der Waals surface area contributed by atoms with Crippen LogP contribution in [0.1, 0.15) is 51.8 Å². The molecule has 0 bridgehead atoms. The van der Waals surface area contributed by atoms with E-state index in [9.17, 15) is 0 Å². The molecule has 9 aromatic carbocycles. The molecule has 0 heterocycles. The first-order valence-corrected chi connectivity index (χ1v) is 38.7. The third kappa shape index (κ3) is 4.97. The molecule has 286 valence electrons. The van der Waals surface area contributed by atoms with Crippen LogP contribution < -0.4 is 3.27 Å². The maximum absolute atomic E-state index is 5.96. The number of hydrogen-bond acceptors (Lipinski definition) is 0. The third-order valence-electron chi connectivity index (χ3n) is 15.4. The summed E-state index contributed by atoms with van der Waals surface area (Å²) in [7, 11) is 0. The molecule has 11 rings (SSSR count). The SMILES string of the molecule is Cc1cc(C2=Cc3ccccc3[CH]2[Zr]([CH3])([CH3])([CH3])(=[SiH2])([c]2ccccc2)[CH]2C(c3cc(C)cc4ccc5ccccc5c34)=Cc3ccccc32)c2c(ccc3ccccc32)c1. The first-order chi connectivity index (χ1) is 28.3. The Morgan fingerprint density at radius 1 is 0.407 bits per heavy atom. The van der Waals surface area contributed by atoms with Crippen molar-refractivity contribution in [3.63, 3.8) is 0 Å². The van der Waals surface area contributed by atoms with Gasteiger partial charge in [0.05, 0.1) is 0 Å². The monoisotopic (exact) mass is 852 g/mol. The molecule has 0 saturated heterocycles. The van der Waals surface area contributed by atoms with Crippen LogP contribution in [0.2, 0.25) is 13.9 Å². The molecule has 0 aliphatic heterocycles. The van der Waals surface area contributed by atoms with E-state index in [1.807, 2.05) is 0 Å². The predicted octanol–water partition coefficient (Wildman–Crippen LogP) is 14.6. The summed E-state index contributed by atoms with van der Waals surface area (Å²) in [5.41, 5.74) is 13.8. The molecule has 9 aromatic rings. The van der Waals surface area contributed by atoms with E-state index in [0.29, 0.717) is 0 Å². The molecule has 0 spiro atoms. The van der Waals surface area contributed by atoms with E-state index in [-0.39, 0.29) is 7.25 Å². The Morgan fingerprint density at radius 2 is 0.797 bits per heavy atom. The molecule has 0 radical (unpaired) electrons. The Hall–Kier alpha value is -5.40. The molecule has 2 aliphatic rings. The first-order valence-electron chi connectivity index (χ1n) is 21.3. The number of benzene rings is 9. The van der Waals surface area contributed by atoms with Crippen LogP contribution in [0.4, 0.5) is 0 Å². The topological polar surface area (TPSA) is 0 Å². The van der Waals surface area contributed by atoms with Crippen LogP contribution in [0.25, 0.3) is 66.4 Å². The molecule has 2 unspecified atom stereocenters. The van der Waals surface area contributed by atoms with Crippen LogP contribution in [-0.4, -0.2) is 6.88 Å². The Balaban J connectivity index is 1.33. The normalized spacial score (nSPS) is 18.2. The van der Waals surface area contributed by atoms with Gasteiger partial charge in [0, 0.05) is 0 Å². The molecule has 2 atom stereocenters. The van der Waals surface area contributed by atoms with Crippen molar-refractivity contribution in [2.24, 2.45) is 0 Å². The summed E-state index contributed by atoms with van der Waals surface area (Å²) < 4.78 is 10.2. The minimum atomic E-state index is -5.96. The van der Waals surface area contributed by atoms with Crippen molar-refractivity contribution in [3.05, 3.63) is 220 Å². The van der Waals surface area contributed by atoms with Gasteiger partial charge >= 0.3 is 346 Å². The summed E-state index contributed by atoms with van der Waals surface area (Å²) in [6, 6.07) is 67.7. The van der Waals surface area contributed by atoms with E-state index < -0.39 is 14.4 Å². The zero-order valence-corrected chi connectivity index (χ0v) is 38.6. The molecule has 0 N–H and O–H groups in total. The van der Waals surface area contributed by atoms with Gasteiger partial charge in [-0.3, -0.25) is 0 Å². The molecule has 2 heteroatoms. The number of fused-ring (bicyclic) bond motifs is 8. The van der Waals surface area contributed by atoms with Gasteiger partial charge in [-0.25, -0.2) is 0 Å². The van der Waals surface area contributed by atoms with E-state index in [2.05, 4.69) is 223 Å². The second-order valence-electron chi connectivity index (χ2n) is 21.2. The minimum absolute atomic E-state index is 0.0972. The number of hydrogen-bond donors (Lipinski definition) is 0. The van der Waals surface area contributed by atoms with E-state index in [1.54, 1.807) is 0 Å². The van der Waals surface area contributed by atoms with E-state index in [4.69, 9.17) is 0 Å². The molecule has 0 saturated carbocycles. The Kier molecular flexibility index (Phi) is 7.24. The molecular formula is C57H50SiZr. The van der Waals surface area contributed by atoms with Crippen molar-refractivity contribution >= 4 is 76.5 Å². The molecule has 0 nitrogen and oxygen atoms in total. The number of rotatable bonds is 5. The Morgan fingerprint density at radius 3 is 1.27 bits per heavy atom. The van der Waals surface area contributed by atoms with Gasteiger partial charge in [0.15, 0.2) is 0 Å². The van der Waals surface area contributed by atoms with Crippen molar-refractivity contribution < 1.29 is 14.4 Å². The van der Waals surface area contributed by atoms with Crippen molar-refractivity contribution in [3.8, 4) is 0 Å². The Bertz CT molecular complexity index is 3300. The third-order valence-corrected chi connectivity index (χ3v) is 47.0. The van der Waals surface area contributed by atoms with Crippen LogP contribution in [-0.2, 0) is 14.4 Å². The summed E-state index contributed by atoms with van der Waals surface area (Å²) in [6.45, 7) is 7.02. The molecule has 2 aliphatic carbocycles. The average molecular weight is 854 g/mol. The quantitative estimate of drug-likeness (QED) is 0.120. The molecule has 0 aromatic heterocycles. The molecule has 0 fully saturated rings. The fourth-order valence-electron chi connectivity index (χ4n) is 12.9. The first kappa shape index (κ1) is 36.7. The van der Waals surface area contributed by atoms with Crippen molar-refractivity contribution in [1.82, 2.24) is 0 Å². The summed E-state index contributed by atoms with van der Waals surface area (Å²) in [5.74, 6) is 0. The maximum atomic E-state index is 2.85. The zero-order chi connectivity index (χ0) is 40.4. The fourth-order valence-corrected chi connectivity index (χ4v) is 43.5. The second-order valence-corrected chi connectivity index (χ2v) is 74.8. The zero-order valence-electron chi connectivity index (χ0n) is 34.8. The van der Waals surface area contributed by atoms with Gasteiger partial charge in [0.1, 0.15) is 0 Å². The van der Waals surface area contributed by atoms with Crippen LogP contribution in [0.5, 0.6) is 0 Å². The van der Waals surface area contributed by atoms with Gasteiger partial charge in [-0.1, -0.05) is 0 Å². The van der Waals surface area contributed by atoms with Gasteiger partial charge in [0.25, 0.3) is 0 Å². The van der Waals surface area contributed by atoms with E-state index in [0.717, 1.165) is 0 Å². The van der Waals surface area contributed by atoms with Crippen LogP contribution >= 0.6 is 0 Å². The van der Waals surface area contributed by atoms with Gasteiger partial charge in [0.2, 0.25) is 0 Å². The van der Waals surface area contributed by atoms with Crippen LogP contribution in [0.15, 0.2) is 176 Å². The van der Waals surface area contributed by atoms with Gasteiger partial charge in [-0.2, -0.15) is 0 Å². The predicted molar refractivity (Wildman–Crippen MR) is 259 cm³/mol. The standard InChI is InChI=1S/2C24H17.C6H5.3CH3.H2Si.Zr/c2*1-16-12-20-11-10-17-6-4-5-9-22(17)24(20)23(13-16)21-14-18-7-2-3-8-19(18)15-21;1-2-4-6-5-3-1;;;;;/h2*2-15H,1H3;1-5H;3*1H3;1H2;. The summed E-state index contributed by atoms with van der Waals surface area (Å²) >= 11 is -5.96. The molecular weight excluding hydrogens is 804 g/mol. The van der Waals surface area contributed by atoms with E-state index in [1.165, 1.54) is 102 Å². The summed E-state index contributed by atoms with van der Waals surface area (Å²) in [5, 5.41) is 10.5. The summed E-state index contributed by atoms with van der Waals surface area (Å²) in [4.78, 5) is 0. The van der Waals surface area contributed by atoms with Gasteiger partial charge in [-0.15, -0.1) is 0 Å². The van der Waals surface area contributed by atoms with Gasteiger partial charge < -0.3 is 0 Å². The van der Waals surface area contributed by atoms with Crippen LogP contribution in [0.3, 0.4) is 0 Å².